The molecule has 0 saturated carbocycles. The smallest absolute Gasteiger partial charge is 0.413 e. The van der Waals surface area contributed by atoms with E-state index >= 15 is 0 Å². The fourth-order valence-corrected chi connectivity index (χ4v) is 2.35. The summed E-state index contributed by atoms with van der Waals surface area (Å²) in [5.41, 5.74) is 2.09. The summed E-state index contributed by atoms with van der Waals surface area (Å²) in [6.07, 6.45) is -0.624. The number of benzene rings is 2. The molecule has 1 heterocycles. The number of nitrogens with zero attached hydrogens (tertiary/aromatic N) is 2. The molecule has 1 N–H and O–H groups in total. The molecular formula is C16H12BrN3O3. The first-order chi connectivity index (χ1) is 11.2. The third-order valence-electron chi connectivity index (χ3n) is 3.02. The van der Waals surface area contributed by atoms with E-state index in [2.05, 4.69) is 31.6 Å². The Balaban J connectivity index is 1.67. The summed E-state index contributed by atoms with van der Waals surface area (Å²) in [7, 11) is 0. The number of hydrogen-bond acceptors (Lipinski definition) is 5. The van der Waals surface area contributed by atoms with Crippen LogP contribution in [-0.4, -0.2) is 16.4 Å². The molecular weight excluding hydrogens is 362 g/mol. The molecule has 0 fully saturated rings. The summed E-state index contributed by atoms with van der Waals surface area (Å²) >= 11 is 3.38. The topological polar surface area (TPSA) is 77.3 Å². The van der Waals surface area contributed by atoms with E-state index in [1.807, 2.05) is 54.6 Å². The van der Waals surface area contributed by atoms with E-state index in [0.717, 1.165) is 15.6 Å². The zero-order chi connectivity index (χ0) is 16.1. The molecule has 116 valence electrons. The lowest BCUT2D eigenvalue weighted by atomic mass is 10.1. The van der Waals surface area contributed by atoms with Crippen molar-refractivity contribution in [2.45, 2.75) is 6.61 Å². The van der Waals surface area contributed by atoms with Gasteiger partial charge in [0.1, 0.15) is 6.61 Å². The van der Waals surface area contributed by atoms with Crippen molar-refractivity contribution in [2.24, 2.45) is 0 Å². The van der Waals surface area contributed by atoms with E-state index < -0.39 is 6.09 Å². The molecule has 7 heteroatoms. The second kappa shape index (κ2) is 7.06. The molecule has 0 aliphatic carbocycles. The van der Waals surface area contributed by atoms with Crippen molar-refractivity contribution in [3.63, 3.8) is 0 Å². The van der Waals surface area contributed by atoms with Crippen molar-refractivity contribution in [1.82, 2.24) is 10.3 Å². The van der Waals surface area contributed by atoms with Crippen molar-refractivity contribution in [3.05, 3.63) is 64.6 Å². The largest absolute Gasteiger partial charge is 0.444 e. The van der Waals surface area contributed by atoms with Crippen molar-refractivity contribution in [3.8, 4) is 11.3 Å². The number of halogens is 1. The van der Waals surface area contributed by atoms with Gasteiger partial charge in [-0.1, -0.05) is 58.4 Å². The van der Waals surface area contributed by atoms with Crippen molar-refractivity contribution < 1.29 is 14.2 Å². The summed E-state index contributed by atoms with van der Waals surface area (Å²) < 4.78 is 10.8. The molecule has 0 saturated heterocycles. The van der Waals surface area contributed by atoms with Gasteiger partial charge >= 0.3 is 6.09 Å². The number of rotatable bonds is 4. The minimum absolute atomic E-state index is 0.171. The summed E-state index contributed by atoms with van der Waals surface area (Å²) in [6, 6.07) is 16.8. The normalized spacial score (nSPS) is 10.3. The molecule has 6 nitrogen and oxygen atoms in total. The van der Waals surface area contributed by atoms with Gasteiger partial charge in [0.25, 0.3) is 0 Å². The average molecular weight is 374 g/mol. The lowest BCUT2D eigenvalue weighted by Crippen LogP contribution is -2.14. The van der Waals surface area contributed by atoms with Crippen molar-refractivity contribution >= 4 is 27.8 Å². The lowest BCUT2D eigenvalue weighted by molar-refractivity contribution is 0.155. The van der Waals surface area contributed by atoms with E-state index in [0.29, 0.717) is 5.69 Å². The molecule has 0 bridgehead atoms. The van der Waals surface area contributed by atoms with Crippen LogP contribution in [-0.2, 0) is 11.3 Å². The van der Waals surface area contributed by atoms with Crippen LogP contribution in [0, 0.1) is 0 Å². The molecule has 1 amide bonds. The van der Waals surface area contributed by atoms with E-state index in [4.69, 9.17) is 9.37 Å². The van der Waals surface area contributed by atoms with Gasteiger partial charge in [0.2, 0.25) is 5.82 Å². The number of hydrogen-bond donors (Lipinski definition) is 1. The van der Waals surface area contributed by atoms with Crippen LogP contribution in [0.15, 0.2) is 63.7 Å². The van der Waals surface area contributed by atoms with E-state index in [1.54, 1.807) is 0 Å². The predicted molar refractivity (Wildman–Crippen MR) is 87.7 cm³/mol. The number of nitrogens with one attached hydrogen (secondary N) is 1. The number of amides is 1. The predicted octanol–water partition coefficient (Wildman–Crippen LogP) is 4.25. The molecule has 0 radical (unpaired) electrons. The Kier molecular flexibility index (Phi) is 4.68. The fraction of sp³-hybridized carbons (Fsp3) is 0.0625. The Morgan fingerprint density at radius 2 is 1.96 bits per heavy atom. The summed E-state index contributed by atoms with van der Waals surface area (Å²) in [5.74, 6) is 0.209. The number of anilines is 1. The Morgan fingerprint density at radius 1 is 1.13 bits per heavy atom. The fourth-order valence-electron chi connectivity index (χ4n) is 1.95. The van der Waals surface area contributed by atoms with Crippen molar-refractivity contribution in [2.75, 3.05) is 5.32 Å². The summed E-state index contributed by atoms with van der Waals surface area (Å²) in [6.45, 7) is 0.171. The maximum atomic E-state index is 11.9. The van der Waals surface area contributed by atoms with Gasteiger partial charge in [0, 0.05) is 10.0 Å². The van der Waals surface area contributed by atoms with Gasteiger partial charge in [0.05, 0.1) is 0 Å². The molecule has 0 aliphatic heterocycles. The van der Waals surface area contributed by atoms with Crippen molar-refractivity contribution in [1.29, 1.82) is 0 Å². The van der Waals surface area contributed by atoms with E-state index in [-0.39, 0.29) is 12.4 Å². The zero-order valence-corrected chi connectivity index (χ0v) is 13.5. The first kappa shape index (κ1) is 15.2. The quantitative estimate of drug-likeness (QED) is 0.739. The monoisotopic (exact) mass is 373 g/mol. The van der Waals surface area contributed by atoms with E-state index in [9.17, 15) is 4.79 Å². The lowest BCUT2D eigenvalue weighted by Gasteiger charge is -2.05. The molecule has 2 aromatic carbocycles. The van der Waals surface area contributed by atoms with Crippen LogP contribution in [0.25, 0.3) is 11.3 Å². The summed E-state index contributed by atoms with van der Waals surface area (Å²) in [4.78, 5) is 11.9. The second-order valence-electron chi connectivity index (χ2n) is 4.66. The van der Waals surface area contributed by atoms with Crippen LogP contribution in [0.4, 0.5) is 10.6 Å². The minimum Gasteiger partial charge on any atom is -0.444 e. The van der Waals surface area contributed by atoms with Crippen LogP contribution in [0.1, 0.15) is 5.56 Å². The van der Waals surface area contributed by atoms with Gasteiger partial charge in [-0.25, -0.2) is 9.42 Å². The Bertz CT molecular complexity index is 805. The molecule has 0 unspecified atom stereocenters. The minimum atomic E-state index is -0.624. The van der Waals surface area contributed by atoms with Gasteiger partial charge in [-0.2, -0.15) is 0 Å². The van der Waals surface area contributed by atoms with Crippen LogP contribution in [0.3, 0.4) is 0 Å². The average Bonchev–Trinajstić information content (AvgIpc) is 3.02. The van der Waals surface area contributed by atoms with Gasteiger partial charge < -0.3 is 4.74 Å². The van der Waals surface area contributed by atoms with Gasteiger partial charge in [-0.15, -0.1) is 0 Å². The molecule has 23 heavy (non-hydrogen) atoms. The van der Waals surface area contributed by atoms with Gasteiger partial charge in [-0.05, 0) is 28.0 Å². The van der Waals surface area contributed by atoms with Gasteiger partial charge in [0.15, 0.2) is 5.69 Å². The highest BCUT2D eigenvalue weighted by molar-refractivity contribution is 9.10. The summed E-state index contributed by atoms with van der Waals surface area (Å²) in [5, 5.41) is 10.1. The number of aromatic nitrogens is 2. The van der Waals surface area contributed by atoms with Gasteiger partial charge in [-0.3, -0.25) is 5.32 Å². The first-order valence-electron chi connectivity index (χ1n) is 6.78. The highest BCUT2D eigenvalue weighted by Crippen LogP contribution is 2.26. The van der Waals surface area contributed by atoms with Crippen LogP contribution in [0.5, 0.6) is 0 Å². The maximum Gasteiger partial charge on any atom is 0.413 e. The third-order valence-corrected chi connectivity index (χ3v) is 3.51. The highest BCUT2D eigenvalue weighted by atomic mass is 79.9. The number of carbonyl (C=O) groups excluding carboxylic acids is 1. The second-order valence-corrected chi connectivity index (χ2v) is 5.57. The SMILES string of the molecule is O=C(Nc1nonc1-c1cccc(Br)c1)OCc1ccccc1. The zero-order valence-electron chi connectivity index (χ0n) is 11.9. The molecule has 0 spiro atoms. The number of carbonyl (C=O) groups is 1. The molecule has 1 aromatic heterocycles. The Hall–Kier alpha value is -2.67. The molecule has 0 atom stereocenters. The Morgan fingerprint density at radius 3 is 2.74 bits per heavy atom. The number of ether oxygens (including phenoxy) is 1. The standard InChI is InChI=1S/C16H12BrN3O3/c17-13-8-4-7-12(9-13)14-15(20-23-19-14)18-16(21)22-10-11-5-2-1-3-6-11/h1-9H,10H2,(H,18,20,21). The Labute approximate surface area is 140 Å². The van der Waals surface area contributed by atoms with Crippen LogP contribution in [0.2, 0.25) is 0 Å². The van der Waals surface area contributed by atoms with Crippen LogP contribution < -0.4 is 5.32 Å². The maximum absolute atomic E-state index is 11.9. The third kappa shape index (κ3) is 3.95. The molecule has 0 aliphatic rings. The van der Waals surface area contributed by atoms with Crippen LogP contribution >= 0.6 is 15.9 Å². The molecule has 3 aromatic rings. The molecule has 3 rings (SSSR count). The highest BCUT2D eigenvalue weighted by Gasteiger charge is 2.16. The first-order valence-corrected chi connectivity index (χ1v) is 7.58. The van der Waals surface area contributed by atoms with E-state index in [1.165, 1.54) is 0 Å².